The molecule has 0 saturated heterocycles. The number of hydrogen-bond acceptors (Lipinski definition) is 3. The number of carbonyl (C=O) groups excluding carboxylic acids is 1. The summed E-state index contributed by atoms with van der Waals surface area (Å²) in [4.78, 5) is 12.2. The molecule has 0 aliphatic heterocycles. The van der Waals surface area contributed by atoms with E-state index in [2.05, 4.69) is 10.4 Å². The van der Waals surface area contributed by atoms with Gasteiger partial charge in [0.1, 0.15) is 5.75 Å². The Bertz CT molecular complexity index is 832. The van der Waals surface area contributed by atoms with E-state index in [9.17, 15) is 18.0 Å². The number of amides is 1. The number of nitrogens with zero attached hydrogens (tertiary/aromatic N) is 2. The Morgan fingerprint density at radius 1 is 1.37 bits per heavy atom. The second-order valence-electron chi connectivity index (χ2n) is 6.35. The second kappa shape index (κ2) is 7.80. The molecule has 0 radical (unpaired) electrons. The van der Waals surface area contributed by atoms with Gasteiger partial charge in [-0.25, -0.2) is 0 Å². The molecular weight excluding hydrogens is 383 g/mol. The van der Waals surface area contributed by atoms with Crippen LogP contribution in [0.4, 0.5) is 13.2 Å². The SMILES string of the molecule is COc1ccccc1C(=O)NCCCn1nc(C(F)(F)F)c(Cl)c1C1CC1. The average molecular weight is 402 g/mol. The lowest BCUT2D eigenvalue weighted by molar-refractivity contribution is -0.141. The van der Waals surface area contributed by atoms with Gasteiger partial charge >= 0.3 is 6.18 Å². The second-order valence-corrected chi connectivity index (χ2v) is 6.73. The van der Waals surface area contributed by atoms with Gasteiger partial charge < -0.3 is 10.1 Å². The standard InChI is InChI=1S/C18H19ClF3N3O2/c1-27-13-6-3-2-5-12(13)17(26)23-9-4-10-25-15(11-7-8-11)14(19)16(24-25)18(20,21)22/h2-3,5-6,11H,4,7-10H2,1H3,(H,23,26). The van der Waals surface area contributed by atoms with Crippen molar-refractivity contribution in [2.24, 2.45) is 0 Å². The first-order valence-corrected chi connectivity index (χ1v) is 8.95. The minimum Gasteiger partial charge on any atom is -0.496 e. The molecule has 2 aromatic rings. The molecule has 1 aromatic carbocycles. The molecule has 1 aliphatic carbocycles. The van der Waals surface area contributed by atoms with Crippen LogP contribution in [0.1, 0.15) is 46.9 Å². The average Bonchev–Trinajstić information content (AvgIpc) is 3.40. The molecule has 3 rings (SSSR count). The molecule has 0 spiro atoms. The fourth-order valence-corrected chi connectivity index (χ4v) is 3.31. The van der Waals surface area contributed by atoms with Gasteiger partial charge in [-0.3, -0.25) is 9.48 Å². The topological polar surface area (TPSA) is 56.1 Å². The monoisotopic (exact) mass is 401 g/mol. The van der Waals surface area contributed by atoms with Gasteiger partial charge in [-0.05, 0) is 31.4 Å². The lowest BCUT2D eigenvalue weighted by Gasteiger charge is -2.10. The van der Waals surface area contributed by atoms with Gasteiger partial charge in [-0.1, -0.05) is 23.7 Å². The number of carbonyl (C=O) groups is 1. The maximum absolute atomic E-state index is 13.1. The fourth-order valence-electron chi connectivity index (χ4n) is 2.91. The molecule has 1 heterocycles. The van der Waals surface area contributed by atoms with Crippen molar-refractivity contribution in [1.82, 2.24) is 15.1 Å². The summed E-state index contributed by atoms with van der Waals surface area (Å²) in [6.45, 7) is 0.535. The van der Waals surface area contributed by atoms with Crippen LogP contribution in [0.5, 0.6) is 5.75 Å². The molecular formula is C18H19ClF3N3O2. The van der Waals surface area contributed by atoms with Crippen LogP contribution in [0.2, 0.25) is 5.02 Å². The number of nitrogens with one attached hydrogen (secondary N) is 1. The Kier molecular flexibility index (Phi) is 5.64. The highest BCUT2D eigenvalue weighted by Crippen LogP contribution is 2.46. The van der Waals surface area contributed by atoms with Gasteiger partial charge in [-0.15, -0.1) is 0 Å². The normalized spacial score (nSPS) is 14.3. The third-order valence-electron chi connectivity index (χ3n) is 4.35. The molecule has 0 unspecified atom stereocenters. The number of hydrogen-bond donors (Lipinski definition) is 1. The summed E-state index contributed by atoms with van der Waals surface area (Å²) in [6, 6.07) is 6.81. The van der Waals surface area contributed by atoms with Crippen LogP contribution in [0.3, 0.4) is 0 Å². The molecule has 9 heteroatoms. The molecule has 1 fully saturated rings. The van der Waals surface area contributed by atoms with Crippen LogP contribution in [-0.2, 0) is 12.7 Å². The molecule has 0 atom stereocenters. The Labute approximate surface area is 159 Å². The molecule has 1 saturated carbocycles. The summed E-state index contributed by atoms with van der Waals surface area (Å²) in [5, 5.41) is 6.11. The number of halogens is 4. The Hall–Kier alpha value is -2.22. The molecule has 1 aromatic heterocycles. The van der Waals surface area contributed by atoms with Crippen LogP contribution in [0, 0.1) is 0 Å². The predicted molar refractivity (Wildman–Crippen MR) is 94.2 cm³/mol. The van der Waals surface area contributed by atoms with E-state index in [0.717, 1.165) is 12.8 Å². The van der Waals surface area contributed by atoms with E-state index in [0.29, 0.717) is 30.0 Å². The van der Waals surface area contributed by atoms with E-state index in [1.54, 1.807) is 24.3 Å². The van der Waals surface area contributed by atoms with E-state index in [-0.39, 0.29) is 23.4 Å². The first-order valence-electron chi connectivity index (χ1n) is 8.57. The van der Waals surface area contributed by atoms with Crippen LogP contribution in [0.15, 0.2) is 24.3 Å². The summed E-state index contributed by atoms with van der Waals surface area (Å²) < 4.78 is 45.6. The minimum absolute atomic E-state index is 0.0317. The summed E-state index contributed by atoms with van der Waals surface area (Å²) in [7, 11) is 1.48. The van der Waals surface area contributed by atoms with Gasteiger partial charge in [0.05, 0.1) is 23.4 Å². The van der Waals surface area contributed by atoms with Crippen molar-refractivity contribution in [3.05, 3.63) is 46.2 Å². The van der Waals surface area contributed by atoms with E-state index in [1.165, 1.54) is 11.8 Å². The van der Waals surface area contributed by atoms with Gasteiger partial charge in [0.15, 0.2) is 5.69 Å². The maximum Gasteiger partial charge on any atom is 0.436 e. The summed E-state index contributed by atoms with van der Waals surface area (Å²) in [6.07, 6.45) is -2.53. The van der Waals surface area contributed by atoms with Gasteiger partial charge in [0, 0.05) is 19.0 Å². The van der Waals surface area contributed by atoms with Crippen LogP contribution < -0.4 is 10.1 Å². The highest BCUT2D eigenvalue weighted by atomic mass is 35.5. The zero-order valence-electron chi connectivity index (χ0n) is 14.6. The van der Waals surface area contributed by atoms with Crippen molar-refractivity contribution in [2.75, 3.05) is 13.7 Å². The third-order valence-corrected chi connectivity index (χ3v) is 4.72. The first-order chi connectivity index (χ1) is 12.8. The number of para-hydroxylation sites is 1. The van der Waals surface area contributed by atoms with Gasteiger partial charge in [0.2, 0.25) is 0 Å². The molecule has 0 bridgehead atoms. The van der Waals surface area contributed by atoms with Crippen molar-refractivity contribution >= 4 is 17.5 Å². The summed E-state index contributed by atoms with van der Waals surface area (Å²) in [5.74, 6) is 0.188. The fraction of sp³-hybridized carbons (Fsp3) is 0.444. The zero-order chi connectivity index (χ0) is 19.6. The number of rotatable bonds is 7. The molecule has 146 valence electrons. The number of ether oxygens (including phenoxy) is 1. The van der Waals surface area contributed by atoms with E-state index in [4.69, 9.17) is 16.3 Å². The van der Waals surface area contributed by atoms with Gasteiger partial charge in [0.25, 0.3) is 5.91 Å². The highest BCUT2D eigenvalue weighted by molar-refractivity contribution is 6.32. The van der Waals surface area contributed by atoms with Crippen molar-refractivity contribution < 1.29 is 22.7 Å². The van der Waals surface area contributed by atoms with E-state index in [1.807, 2.05) is 0 Å². The molecule has 1 amide bonds. The van der Waals surface area contributed by atoms with Crippen molar-refractivity contribution in [3.8, 4) is 5.75 Å². The van der Waals surface area contributed by atoms with Crippen LogP contribution >= 0.6 is 11.6 Å². The number of benzene rings is 1. The lowest BCUT2D eigenvalue weighted by atomic mass is 10.2. The predicted octanol–water partition coefficient (Wildman–Crippen LogP) is 4.26. The Balaban J connectivity index is 1.62. The Morgan fingerprint density at radius 3 is 2.70 bits per heavy atom. The number of alkyl halides is 3. The van der Waals surface area contributed by atoms with Gasteiger partial charge in [-0.2, -0.15) is 18.3 Å². The summed E-state index contributed by atoms with van der Waals surface area (Å²) >= 11 is 5.94. The quantitative estimate of drug-likeness (QED) is 0.705. The van der Waals surface area contributed by atoms with Crippen LogP contribution in [0.25, 0.3) is 0 Å². The number of aromatic nitrogens is 2. The highest BCUT2D eigenvalue weighted by Gasteiger charge is 2.41. The number of aryl methyl sites for hydroxylation is 1. The molecule has 1 N–H and O–H groups in total. The Morgan fingerprint density at radius 2 is 2.07 bits per heavy atom. The van der Waals surface area contributed by atoms with Crippen LogP contribution in [-0.4, -0.2) is 29.3 Å². The zero-order valence-corrected chi connectivity index (χ0v) is 15.4. The third kappa shape index (κ3) is 4.37. The lowest BCUT2D eigenvalue weighted by Crippen LogP contribution is -2.26. The number of methoxy groups -OCH3 is 1. The maximum atomic E-state index is 13.1. The largest absolute Gasteiger partial charge is 0.496 e. The first kappa shape index (κ1) is 19.5. The smallest absolute Gasteiger partial charge is 0.436 e. The van der Waals surface area contributed by atoms with E-state index >= 15 is 0 Å². The van der Waals surface area contributed by atoms with Crippen molar-refractivity contribution in [3.63, 3.8) is 0 Å². The van der Waals surface area contributed by atoms with Crippen molar-refractivity contribution in [2.45, 2.75) is 37.9 Å². The molecule has 5 nitrogen and oxygen atoms in total. The summed E-state index contributed by atoms with van der Waals surface area (Å²) in [5.41, 5.74) is -0.190. The van der Waals surface area contributed by atoms with Crippen molar-refractivity contribution in [1.29, 1.82) is 0 Å². The van der Waals surface area contributed by atoms with E-state index < -0.39 is 11.9 Å². The molecule has 27 heavy (non-hydrogen) atoms. The minimum atomic E-state index is -4.58. The molecule has 1 aliphatic rings.